The van der Waals surface area contributed by atoms with Crippen molar-refractivity contribution in [3.05, 3.63) is 65.0 Å². The Hall–Kier alpha value is -2.29. The molecular weight excluding hydrogens is 452 g/mol. The quantitative estimate of drug-likeness (QED) is 0.268. The summed E-state index contributed by atoms with van der Waals surface area (Å²) in [6.07, 6.45) is 6.62. The van der Waals surface area contributed by atoms with Gasteiger partial charge in [0.2, 0.25) is 0 Å². The first-order chi connectivity index (χ1) is 13.9. The molecule has 2 heterocycles. The predicted molar refractivity (Wildman–Crippen MR) is 105 cm³/mol. The van der Waals surface area contributed by atoms with Crippen LogP contribution < -0.4 is 26.9 Å². The molecule has 1 unspecified atom stereocenters. The normalized spacial score (nSPS) is 17.1. The zero-order valence-corrected chi connectivity index (χ0v) is 18.8. The Kier molecular flexibility index (Phi) is 8.52. The van der Waals surface area contributed by atoms with Gasteiger partial charge < -0.3 is 36.9 Å². The highest BCUT2D eigenvalue weighted by molar-refractivity contribution is 5.99. The second kappa shape index (κ2) is 10.7. The summed E-state index contributed by atoms with van der Waals surface area (Å²) in [6.45, 7) is 4.12. The molecule has 0 saturated carbocycles. The van der Waals surface area contributed by atoms with Crippen molar-refractivity contribution in [2.24, 2.45) is 0 Å². The fourth-order valence-corrected chi connectivity index (χ4v) is 3.35. The van der Waals surface area contributed by atoms with Crippen molar-refractivity contribution in [1.29, 1.82) is 0 Å². The van der Waals surface area contributed by atoms with Gasteiger partial charge in [0, 0.05) is 24.1 Å². The maximum atomic E-state index is 12.5. The van der Waals surface area contributed by atoms with Crippen LogP contribution in [0.3, 0.4) is 0 Å². The van der Waals surface area contributed by atoms with Crippen LogP contribution in [0.15, 0.2) is 42.7 Å². The number of unbranched alkanes of at least 4 members (excludes halogenated alkanes) is 1. The van der Waals surface area contributed by atoms with E-state index in [0.29, 0.717) is 16.7 Å². The van der Waals surface area contributed by atoms with Crippen molar-refractivity contribution < 1.29 is 45.7 Å². The fraction of sp³-hybridized carbons (Fsp3) is 0.409. The van der Waals surface area contributed by atoms with Gasteiger partial charge in [-0.25, -0.2) is 0 Å². The van der Waals surface area contributed by atoms with Crippen molar-refractivity contribution in [3.63, 3.8) is 0 Å². The summed E-state index contributed by atoms with van der Waals surface area (Å²) in [5, 5.41) is 13.9. The maximum Gasteiger partial charge on any atom is 0.302 e. The van der Waals surface area contributed by atoms with E-state index in [4.69, 9.17) is 9.47 Å². The van der Waals surface area contributed by atoms with E-state index in [9.17, 15) is 14.7 Å². The molecule has 2 aromatic rings. The smallest absolute Gasteiger partial charge is 0.302 e. The number of fused-ring (bicyclic) bond motifs is 1. The molecule has 1 amide bonds. The Morgan fingerprint density at radius 3 is 2.60 bits per heavy atom. The van der Waals surface area contributed by atoms with Gasteiger partial charge >= 0.3 is 5.97 Å². The number of halogens is 1. The number of benzene rings is 1. The molecule has 0 radical (unpaired) electrons. The first kappa shape index (κ1) is 24.0. The molecule has 0 saturated heterocycles. The van der Waals surface area contributed by atoms with Gasteiger partial charge in [-0.15, -0.1) is 0 Å². The molecule has 0 fully saturated rings. The Labute approximate surface area is 186 Å². The molecule has 1 aliphatic heterocycles. The number of nitrogens with zero attached hydrogens (tertiary/aromatic N) is 1. The number of hydrogen-bond donors (Lipinski definition) is 2. The lowest BCUT2D eigenvalue weighted by Crippen LogP contribution is -3.00. The van der Waals surface area contributed by atoms with Crippen LogP contribution in [0.25, 0.3) is 0 Å². The van der Waals surface area contributed by atoms with E-state index >= 15 is 0 Å². The average Bonchev–Trinajstić information content (AvgIpc) is 2.97. The molecule has 0 bridgehead atoms. The van der Waals surface area contributed by atoms with E-state index in [1.807, 2.05) is 24.3 Å². The van der Waals surface area contributed by atoms with E-state index in [1.165, 1.54) is 12.5 Å². The lowest BCUT2D eigenvalue weighted by atomic mass is 9.94. The zero-order valence-electron chi connectivity index (χ0n) is 17.2. The Morgan fingerprint density at radius 2 is 1.93 bits per heavy atom. The third kappa shape index (κ3) is 5.44. The van der Waals surface area contributed by atoms with Crippen molar-refractivity contribution in [2.45, 2.75) is 45.6 Å². The fourth-order valence-electron chi connectivity index (χ4n) is 3.35. The van der Waals surface area contributed by atoms with Gasteiger partial charge in [-0.1, -0.05) is 37.6 Å². The molecule has 1 aromatic carbocycles. The molecule has 2 N–H and O–H groups in total. The van der Waals surface area contributed by atoms with E-state index in [1.54, 1.807) is 23.0 Å². The monoisotopic (exact) mass is 478 g/mol. The number of esters is 1. The van der Waals surface area contributed by atoms with Crippen molar-refractivity contribution in [1.82, 2.24) is 5.32 Å². The number of pyridine rings is 1. The van der Waals surface area contributed by atoms with Crippen LogP contribution in [0.1, 0.15) is 53.7 Å². The first-order valence-electron chi connectivity index (χ1n) is 9.83. The summed E-state index contributed by atoms with van der Waals surface area (Å²) in [7, 11) is 0. The molecule has 3 rings (SSSR count). The third-order valence-corrected chi connectivity index (χ3v) is 4.91. The van der Waals surface area contributed by atoms with E-state index < -0.39 is 5.72 Å². The number of rotatable bonds is 9. The summed E-state index contributed by atoms with van der Waals surface area (Å²) in [4.78, 5) is 23.2. The number of nitrogens with one attached hydrogen (secondary N) is 1. The van der Waals surface area contributed by atoms with Crippen molar-refractivity contribution in [2.75, 3.05) is 13.2 Å². The maximum absolute atomic E-state index is 12.5. The Balaban J connectivity index is 0.00000320. The van der Waals surface area contributed by atoms with Gasteiger partial charge in [0.1, 0.15) is 12.2 Å². The van der Waals surface area contributed by atoms with Gasteiger partial charge in [-0.2, -0.15) is 4.57 Å². The topological polar surface area (TPSA) is 88.7 Å². The number of aryl methyl sites for hydroxylation is 1. The predicted octanol–water partition coefficient (Wildman–Crippen LogP) is -1.21. The van der Waals surface area contributed by atoms with Crippen LogP contribution in [0.5, 0.6) is 0 Å². The summed E-state index contributed by atoms with van der Waals surface area (Å²) in [5.41, 5.74) is 1.19. The number of hydrogen-bond acceptors (Lipinski definition) is 5. The molecule has 1 aliphatic rings. The minimum absolute atomic E-state index is 0. The Bertz CT molecular complexity index is 888. The highest BCUT2D eigenvalue weighted by Gasteiger charge is 2.44. The summed E-state index contributed by atoms with van der Waals surface area (Å²) in [6, 6.07) is 9.42. The lowest BCUT2D eigenvalue weighted by Gasteiger charge is -2.24. The first-order valence-corrected chi connectivity index (χ1v) is 9.83. The van der Waals surface area contributed by atoms with Crippen LogP contribution in [-0.2, 0) is 33.1 Å². The van der Waals surface area contributed by atoms with Gasteiger partial charge in [-0.05, 0) is 18.4 Å². The number of carbonyl (C=O) groups is 2. The van der Waals surface area contributed by atoms with E-state index in [2.05, 4.69) is 12.2 Å². The largest absolute Gasteiger partial charge is 1.00 e. The molecular formula is C22H27BrN2O5. The van der Waals surface area contributed by atoms with Gasteiger partial charge in [0.25, 0.3) is 12.6 Å². The standard InChI is InChI=1S/C22H26N2O5.BrH/c1-3-4-5-17-6-8-18(9-7-17)22(27)20-10-11-24(14-19(20)21(26)23-22)15-28-12-13-29-16(2)25;/h6-11,14,27H,3-5,12-13,15H2,1-2H3;1H. The van der Waals surface area contributed by atoms with Gasteiger partial charge in [0.05, 0.1) is 6.61 Å². The minimum Gasteiger partial charge on any atom is -1.00 e. The molecule has 0 spiro atoms. The van der Waals surface area contributed by atoms with Crippen LogP contribution in [0, 0.1) is 0 Å². The lowest BCUT2D eigenvalue weighted by molar-refractivity contribution is -0.732. The molecule has 0 aliphatic carbocycles. The highest BCUT2D eigenvalue weighted by Crippen LogP contribution is 2.34. The summed E-state index contributed by atoms with van der Waals surface area (Å²) in [5.74, 6) is -0.694. The minimum atomic E-state index is -1.55. The second-order valence-electron chi connectivity index (χ2n) is 7.13. The van der Waals surface area contributed by atoms with Crippen LogP contribution >= 0.6 is 0 Å². The third-order valence-electron chi connectivity index (χ3n) is 4.91. The van der Waals surface area contributed by atoms with Crippen LogP contribution in [-0.4, -0.2) is 30.2 Å². The van der Waals surface area contributed by atoms with Crippen LogP contribution in [0.4, 0.5) is 0 Å². The molecule has 30 heavy (non-hydrogen) atoms. The molecule has 1 atom stereocenters. The van der Waals surface area contributed by atoms with E-state index in [0.717, 1.165) is 19.3 Å². The molecule has 1 aromatic heterocycles. The highest BCUT2D eigenvalue weighted by atomic mass is 79.9. The number of aliphatic hydroxyl groups is 1. The van der Waals surface area contributed by atoms with Crippen molar-refractivity contribution in [3.8, 4) is 0 Å². The molecule has 7 nitrogen and oxygen atoms in total. The molecule has 162 valence electrons. The summed E-state index contributed by atoms with van der Waals surface area (Å²) >= 11 is 0. The Morgan fingerprint density at radius 1 is 1.20 bits per heavy atom. The zero-order chi connectivity index (χ0) is 20.9. The van der Waals surface area contributed by atoms with Gasteiger partial charge in [-0.3, -0.25) is 9.59 Å². The second-order valence-corrected chi connectivity index (χ2v) is 7.13. The number of aromatic nitrogens is 1. The SMILES string of the molecule is CCCCc1ccc(C2(O)NC(=O)c3c[n+](COCCOC(C)=O)ccc32)cc1.[Br-]. The van der Waals surface area contributed by atoms with E-state index in [-0.39, 0.29) is 48.8 Å². The average molecular weight is 479 g/mol. The number of ether oxygens (including phenoxy) is 2. The number of amides is 1. The number of carbonyl (C=O) groups excluding carboxylic acids is 2. The summed E-state index contributed by atoms with van der Waals surface area (Å²) < 4.78 is 11.9. The van der Waals surface area contributed by atoms with Crippen molar-refractivity contribution >= 4 is 11.9 Å². The van der Waals surface area contributed by atoms with Crippen LogP contribution in [0.2, 0.25) is 0 Å². The molecule has 8 heteroatoms. The van der Waals surface area contributed by atoms with Gasteiger partial charge in [0.15, 0.2) is 18.1 Å².